The number of hydrogen-bond donors (Lipinski definition) is 1. The third-order valence-electron chi connectivity index (χ3n) is 2.21. The molecule has 86 valence electrons. The molecule has 1 amide bonds. The Kier molecular flexibility index (Phi) is 5.03. The summed E-state index contributed by atoms with van der Waals surface area (Å²) < 4.78 is 0. The van der Waals surface area contributed by atoms with Gasteiger partial charge in [-0.2, -0.15) is 0 Å². The molecule has 1 heterocycles. The number of carbonyl (C=O) groups is 1. The molecule has 0 aromatic carbocycles. The van der Waals surface area contributed by atoms with Crippen LogP contribution in [0, 0.1) is 11.8 Å². The normalized spacial score (nSPS) is 9.44. The predicted molar refractivity (Wildman–Crippen MR) is 67.5 cm³/mol. The highest BCUT2D eigenvalue weighted by Crippen LogP contribution is 2.15. The van der Waals surface area contributed by atoms with Crippen LogP contribution >= 0.6 is 11.3 Å². The van der Waals surface area contributed by atoms with Gasteiger partial charge in [-0.05, 0) is 19.9 Å². The van der Waals surface area contributed by atoms with Crippen LogP contribution in [0.15, 0.2) is 11.4 Å². The van der Waals surface area contributed by atoms with Gasteiger partial charge in [0, 0.05) is 18.5 Å². The van der Waals surface area contributed by atoms with Crippen LogP contribution in [0.5, 0.6) is 0 Å². The number of nitrogens with zero attached hydrogens (tertiary/aromatic N) is 1. The fourth-order valence-corrected chi connectivity index (χ4v) is 2.09. The molecule has 1 rings (SSSR count). The van der Waals surface area contributed by atoms with E-state index in [-0.39, 0.29) is 5.91 Å². The summed E-state index contributed by atoms with van der Waals surface area (Å²) in [5.74, 6) is 5.78. The summed E-state index contributed by atoms with van der Waals surface area (Å²) in [6.07, 6.45) is 0. The SMILES string of the molecule is CCN(CC)C(=O)c1csc(C#CCN)c1. The summed E-state index contributed by atoms with van der Waals surface area (Å²) in [6, 6.07) is 1.83. The van der Waals surface area contributed by atoms with Crippen LogP contribution in [0.4, 0.5) is 0 Å². The minimum Gasteiger partial charge on any atom is -0.339 e. The van der Waals surface area contributed by atoms with E-state index in [1.54, 1.807) is 4.90 Å². The first-order chi connectivity index (χ1) is 7.72. The highest BCUT2D eigenvalue weighted by atomic mass is 32.1. The Labute approximate surface area is 100 Å². The monoisotopic (exact) mass is 236 g/mol. The van der Waals surface area contributed by atoms with Gasteiger partial charge in [-0.1, -0.05) is 11.8 Å². The molecule has 0 spiro atoms. The Morgan fingerprint density at radius 1 is 1.50 bits per heavy atom. The zero-order chi connectivity index (χ0) is 12.0. The second kappa shape index (κ2) is 6.31. The average molecular weight is 236 g/mol. The summed E-state index contributed by atoms with van der Waals surface area (Å²) in [6.45, 7) is 5.76. The van der Waals surface area contributed by atoms with E-state index < -0.39 is 0 Å². The molecular formula is C12H16N2OS. The van der Waals surface area contributed by atoms with Crippen molar-refractivity contribution >= 4 is 17.2 Å². The van der Waals surface area contributed by atoms with Crippen LogP contribution < -0.4 is 5.73 Å². The van der Waals surface area contributed by atoms with Gasteiger partial charge >= 0.3 is 0 Å². The Balaban J connectivity index is 2.81. The summed E-state index contributed by atoms with van der Waals surface area (Å²) in [4.78, 5) is 14.6. The van der Waals surface area contributed by atoms with E-state index in [0.29, 0.717) is 6.54 Å². The number of hydrogen-bond acceptors (Lipinski definition) is 3. The van der Waals surface area contributed by atoms with Crippen LogP contribution in [0.1, 0.15) is 29.1 Å². The minimum atomic E-state index is 0.0713. The fraction of sp³-hybridized carbons (Fsp3) is 0.417. The van der Waals surface area contributed by atoms with E-state index in [2.05, 4.69) is 11.8 Å². The van der Waals surface area contributed by atoms with Crippen LogP contribution in [0.3, 0.4) is 0 Å². The number of amides is 1. The van der Waals surface area contributed by atoms with Crippen LogP contribution in [-0.2, 0) is 0 Å². The molecule has 0 aliphatic carbocycles. The molecule has 0 fully saturated rings. The summed E-state index contributed by atoms with van der Waals surface area (Å²) in [7, 11) is 0. The largest absolute Gasteiger partial charge is 0.339 e. The predicted octanol–water partition coefficient (Wildman–Crippen LogP) is 1.54. The molecule has 3 nitrogen and oxygen atoms in total. The van der Waals surface area contributed by atoms with Gasteiger partial charge in [0.05, 0.1) is 17.0 Å². The maximum absolute atomic E-state index is 12.0. The van der Waals surface area contributed by atoms with Crippen molar-refractivity contribution in [2.45, 2.75) is 13.8 Å². The molecular weight excluding hydrogens is 220 g/mol. The van der Waals surface area contributed by atoms with E-state index in [1.165, 1.54) is 11.3 Å². The van der Waals surface area contributed by atoms with Gasteiger partial charge < -0.3 is 10.6 Å². The maximum Gasteiger partial charge on any atom is 0.254 e. The molecule has 1 aromatic rings. The minimum absolute atomic E-state index is 0.0713. The summed E-state index contributed by atoms with van der Waals surface area (Å²) >= 11 is 1.48. The van der Waals surface area contributed by atoms with E-state index in [4.69, 9.17) is 5.73 Å². The van der Waals surface area contributed by atoms with Crippen LogP contribution in [0.25, 0.3) is 0 Å². The van der Waals surface area contributed by atoms with Gasteiger partial charge in [-0.25, -0.2) is 0 Å². The van der Waals surface area contributed by atoms with E-state index in [9.17, 15) is 4.79 Å². The van der Waals surface area contributed by atoms with Gasteiger partial charge in [0.25, 0.3) is 5.91 Å². The van der Waals surface area contributed by atoms with Gasteiger partial charge in [0.2, 0.25) is 0 Å². The molecule has 0 radical (unpaired) electrons. The van der Waals surface area contributed by atoms with Crippen LogP contribution in [0.2, 0.25) is 0 Å². The lowest BCUT2D eigenvalue weighted by atomic mass is 10.2. The zero-order valence-corrected chi connectivity index (χ0v) is 10.4. The molecule has 16 heavy (non-hydrogen) atoms. The molecule has 0 aliphatic heterocycles. The van der Waals surface area contributed by atoms with Gasteiger partial charge in [0.1, 0.15) is 0 Å². The lowest BCUT2D eigenvalue weighted by molar-refractivity contribution is 0.0773. The van der Waals surface area contributed by atoms with Crippen molar-refractivity contribution in [2.24, 2.45) is 5.73 Å². The van der Waals surface area contributed by atoms with Crippen molar-refractivity contribution in [1.29, 1.82) is 0 Å². The summed E-state index contributed by atoms with van der Waals surface area (Å²) in [5.41, 5.74) is 6.01. The third kappa shape index (κ3) is 3.09. The molecule has 0 unspecified atom stereocenters. The molecule has 2 N–H and O–H groups in total. The zero-order valence-electron chi connectivity index (χ0n) is 9.62. The van der Waals surface area contributed by atoms with Crippen molar-refractivity contribution in [3.05, 3.63) is 21.9 Å². The molecule has 0 atom stereocenters. The Morgan fingerprint density at radius 2 is 2.19 bits per heavy atom. The van der Waals surface area contributed by atoms with E-state index in [1.807, 2.05) is 25.3 Å². The lowest BCUT2D eigenvalue weighted by Gasteiger charge is -2.17. The summed E-state index contributed by atoms with van der Waals surface area (Å²) in [5, 5.41) is 1.85. The second-order valence-corrected chi connectivity index (χ2v) is 4.09. The molecule has 1 aromatic heterocycles. The Hall–Kier alpha value is -1.31. The fourth-order valence-electron chi connectivity index (χ4n) is 1.35. The number of rotatable bonds is 3. The van der Waals surface area contributed by atoms with Crippen LogP contribution in [-0.4, -0.2) is 30.4 Å². The van der Waals surface area contributed by atoms with Gasteiger partial charge in [0.15, 0.2) is 0 Å². The van der Waals surface area contributed by atoms with E-state index >= 15 is 0 Å². The first kappa shape index (κ1) is 12.8. The van der Waals surface area contributed by atoms with Crippen molar-refractivity contribution in [3.8, 4) is 11.8 Å². The van der Waals surface area contributed by atoms with Crippen molar-refractivity contribution in [2.75, 3.05) is 19.6 Å². The molecule has 0 bridgehead atoms. The number of nitrogens with two attached hydrogens (primary N) is 1. The van der Waals surface area contributed by atoms with Crippen molar-refractivity contribution in [3.63, 3.8) is 0 Å². The van der Waals surface area contributed by atoms with Crippen molar-refractivity contribution in [1.82, 2.24) is 4.90 Å². The smallest absolute Gasteiger partial charge is 0.254 e. The van der Waals surface area contributed by atoms with Gasteiger partial charge in [-0.3, -0.25) is 4.79 Å². The highest BCUT2D eigenvalue weighted by Gasteiger charge is 2.13. The topological polar surface area (TPSA) is 46.3 Å². The molecule has 0 aliphatic rings. The van der Waals surface area contributed by atoms with E-state index in [0.717, 1.165) is 23.5 Å². The number of thiophene rings is 1. The highest BCUT2D eigenvalue weighted by molar-refractivity contribution is 7.10. The average Bonchev–Trinajstić information content (AvgIpc) is 2.76. The quantitative estimate of drug-likeness (QED) is 0.809. The third-order valence-corrected chi connectivity index (χ3v) is 3.06. The molecule has 0 saturated heterocycles. The Morgan fingerprint density at radius 3 is 2.75 bits per heavy atom. The second-order valence-electron chi connectivity index (χ2n) is 3.18. The lowest BCUT2D eigenvalue weighted by Crippen LogP contribution is -2.30. The first-order valence-corrected chi connectivity index (χ1v) is 6.17. The standard InChI is InChI=1S/C12H16N2OS/c1-3-14(4-2)12(15)10-8-11(16-9-10)6-5-7-13/h8-9H,3-4,7,13H2,1-2H3. The number of carbonyl (C=O) groups excluding carboxylic acids is 1. The van der Waals surface area contributed by atoms with Crippen molar-refractivity contribution < 1.29 is 4.79 Å². The Bertz CT molecular complexity index is 410. The molecule has 4 heteroatoms. The molecule has 0 saturated carbocycles. The maximum atomic E-state index is 12.0. The first-order valence-electron chi connectivity index (χ1n) is 5.29. The van der Waals surface area contributed by atoms with Gasteiger partial charge in [-0.15, -0.1) is 11.3 Å².